The Hall–Kier alpha value is -1.05. The summed E-state index contributed by atoms with van der Waals surface area (Å²) < 4.78 is 0. The molecule has 1 spiro atoms. The minimum atomic E-state index is -0.214. The molecule has 5 nitrogen and oxygen atoms in total. The number of carbonyl (C=O) groups is 1. The number of amides is 1. The zero-order valence-corrected chi connectivity index (χ0v) is 25.3. The third-order valence-electron chi connectivity index (χ3n) is 7.69. The van der Waals surface area contributed by atoms with E-state index in [0.29, 0.717) is 6.42 Å². The summed E-state index contributed by atoms with van der Waals surface area (Å²) in [5.74, 6) is 0.224. The van der Waals surface area contributed by atoms with Crippen LogP contribution in [-0.4, -0.2) is 80.5 Å². The Morgan fingerprint density at radius 3 is 2.32 bits per heavy atom. The molecule has 4 rings (SSSR count). The summed E-state index contributed by atoms with van der Waals surface area (Å²) in [5, 5.41) is 4.30. The van der Waals surface area contributed by atoms with Crippen molar-refractivity contribution in [1.29, 1.82) is 0 Å². The SMILES string of the molecule is CN(C)CCCN[C@H](Cc1ccc(Cl)cc1)C(=O)N1CCC2(CC1)c1ccccc1CCN2C.Cl.Cl.Cl. The third-order valence-corrected chi connectivity index (χ3v) is 7.94. The average Bonchev–Trinajstić information content (AvgIpc) is 2.85. The molecule has 2 heterocycles. The van der Waals surface area contributed by atoms with E-state index < -0.39 is 0 Å². The minimum absolute atomic E-state index is 0. The highest BCUT2D eigenvalue weighted by molar-refractivity contribution is 6.30. The van der Waals surface area contributed by atoms with Gasteiger partial charge in [-0.3, -0.25) is 9.69 Å². The van der Waals surface area contributed by atoms with Gasteiger partial charge in [0.25, 0.3) is 0 Å². The fraction of sp³-hybridized carbons (Fsp3) is 0.536. The molecule has 0 aromatic heterocycles. The summed E-state index contributed by atoms with van der Waals surface area (Å²) >= 11 is 6.08. The first-order valence-corrected chi connectivity index (χ1v) is 13.0. The van der Waals surface area contributed by atoms with Gasteiger partial charge in [-0.2, -0.15) is 0 Å². The van der Waals surface area contributed by atoms with Gasteiger partial charge in [0.2, 0.25) is 5.91 Å². The maximum Gasteiger partial charge on any atom is 0.240 e. The smallest absolute Gasteiger partial charge is 0.240 e. The van der Waals surface area contributed by atoms with Gasteiger partial charge in [0.15, 0.2) is 0 Å². The van der Waals surface area contributed by atoms with E-state index in [9.17, 15) is 4.79 Å². The van der Waals surface area contributed by atoms with E-state index in [4.69, 9.17) is 11.6 Å². The van der Waals surface area contributed by atoms with E-state index in [2.05, 4.69) is 65.4 Å². The Bertz CT molecular complexity index is 965. The average molecular weight is 592 g/mol. The molecule has 1 fully saturated rings. The maximum atomic E-state index is 13.7. The predicted octanol–water partition coefficient (Wildman–Crippen LogP) is 5.06. The van der Waals surface area contributed by atoms with Crippen molar-refractivity contribution in [3.05, 3.63) is 70.2 Å². The number of nitrogens with one attached hydrogen (secondary N) is 1. The highest BCUT2D eigenvalue weighted by Gasteiger charge is 2.44. The van der Waals surface area contributed by atoms with Crippen molar-refractivity contribution in [2.24, 2.45) is 0 Å². The molecule has 1 saturated heterocycles. The summed E-state index contributed by atoms with van der Waals surface area (Å²) in [6, 6.07) is 16.6. The molecule has 1 N–H and O–H groups in total. The highest BCUT2D eigenvalue weighted by atomic mass is 35.5. The number of halogens is 4. The number of likely N-dealkylation sites (N-methyl/N-ethyl adjacent to an activating group) is 1. The number of hydrogen-bond acceptors (Lipinski definition) is 4. The fourth-order valence-electron chi connectivity index (χ4n) is 5.64. The maximum absolute atomic E-state index is 13.7. The zero-order valence-electron chi connectivity index (χ0n) is 22.1. The van der Waals surface area contributed by atoms with Crippen LogP contribution in [-0.2, 0) is 23.2 Å². The van der Waals surface area contributed by atoms with Crippen LogP contribution in [0.5, 0.6) is 0 Å². The number of hydrogen-bond donors (Lipinski definition) is 1. The monoisotopic (exact) mass is 590 g/mol. The first-order chi connectivity index (χ1) is 16.4. The van der Waals surface area contributed by atoms with E-state index in [1.165, 1.54) is 11.1 Å². The number of piperidine rings is 1. The van der Waals surface area contributed by atoms with Gasteiger partial charge in [-0.05, 0) is 95.2 Å². The number of fused-ring (bicyclic) bond motifs is 2. The van der Waals surface area contributed by atoms with Gasteiger partial charge in [-0.15, -0.1) is 37.2 Å². The summed E-state index contributed by atoms with van der Waals surface area (Å²) in [4.78, 5) is 20.5. The van der Waals surface area contributed by atoms with Gasteiger partial charge in [-0.25, -0.2) is 0 Å². The van der Waals surface area contributed by atoms with Gasteiger partial charge in [-0.1, -0.05) is 48.0 Å². The minimum Gasteiger partial charge on any atom is -0.341 e. The molecule has 0 bridgehead atoms. The topological polar surface area (TPSA) is 38.8 Å². The van der Waals surface area contributed by atoms with E-state index in [-0.39, 0.29) is 54.7 Å². The van der Waals surface area contributed by atoms with Crippen LogP contribution >= 0.6 is 48.8 Å². The summed E-state index contributed by atoms with van der Waals surface area (Å²) in [6.45, 7) is 4.52. The van der Waals surface area contributed by atoms with Crippen LogP contribution in [0.4, 0.5) is 0 Å². The molecule has 1 amide bonds. The molecule has 208 valence electrons. The van der Waals surface area contributed by atoms with Crippen LogP contribution in [0.25, 0.3) is 0 Å². The van der Waals surface area contributed by atoms with Crippen LogP contribution < -0.4 is 5.32 Å². The molecule has 1 atom stereocenters. The lowest BCUT2D eigenvalue weighted by molar-refractivity contribution is -0.136. The molecule has 37 heavy (non-hydrogen) atoms. The first kappa shape index (κ1) is 34.0. The van der Waals surface area contributed by atoms with Gasteiger partial charge >= 0.3 is 0 Å². The highest BCUT2D eigenvalue weighted by Crippen LogP contribution is 2.42. The van der Waals surface area contributed by atoms with Crippen molar-refractivity contribution < 1.29 is 4.79 Å². The van der Waals surface area contributed by atoms with Gasteiger partial charge < -0.3 is 15.1 Å². The van der Waals surface area contributed by atoms with E-state index in [1.807, 2.05) is 24.3 Å². The second kappa shape index (κ2) is 15.5. The van der Waals surface area contributed by atoms with E-state index >= 15 is 0 Å². The Kier molecular flexibility index (Phi) is 14.3. The van der Waals surface area contributed by atoms with E-state index in [0.717, 1.165) is 69.0 Å². The number of nitrogens with zero attached hydrogens (tertiary/aromatic N) is 3. The molecule has 0 radical (unpaired) electrons. The van der Waals surface area contributed by atoms with Crippen LogP contribution in [0.1, 0.15) is 36.0 Å². The van der Waals surface area contributed by atoms with Gasteiger partial charge in [0.1, 0.15) is 0 Å². The Morgan fingerprint density at radius 1 is 1.03 bits per heavy atom. The number of benzene rings is 2. The molecule has 2 aromatic rings. The van der Waals surface area contributed by atoms with E-state index in [1.54, 1.807) is 0 Å². The number of carbonyl (C=O) groups excluding carboxylic acids is 1. The Morgan fingerprint density at radius 2 is 1.68 bits per heavy atom. The summed E-state index contributed by atoms with van der Waals surface area (Å²) in [5.41, 5.74) is 4.13. The largest absolute Gasteiger partial charge is 0.341 e. The van der Waals surface area contributed by atoms with Crippen molar-refractivity contribution in [3.8, 4) is 0 Å². The van der Waals surface area contributed by atoms with Crippen LogP contribution in [0, 0.1) is 0 Å². The normalized spacial score (nSPS) is 17.3. The Balaban J connectivity index is 0.00000228. The second-order valence-corrected chi connectivity index (χ2v) is 10.6. The van der Waals surface area contributed by atoms with Gasteiger partial charge in [0.05, 0.1) is 6.04 Å². The standard InChI is InChI=1S/C28H39ClN4O.3ClH/c1-31(2)17-6-16-30-26(21-22-9-11-24(29)12-10-22)27(34)33-19-14-28(15-20-33)25-8-5-4-7-23(25)13-18-32(28)3;;;/h4-5,7-12,26,30H,6,13-21H2,1-3H3;3*1H/t26-;;;/m1.../s1. The predicted molar refractivity (Wildman–Crippen MR) is 162 cm³/mol. The molecular weight excluding hydrogens is 550 g/mol. The molecule has 2 aliphatic heterocycles. The summed E-state index contributed by atoms with van der Waals surface area (Å²) in [7, 11) is 6.42. The molecule has 0 aliphatic carbocycles. The van der Waals surface area contributed by atoms with Crippen molar-refractivity contribution in [2.45, 2.75) is 43.7 Å². The number of likely N-dealkylation sites (tertiary alicyclic amines) is 1. The zero-order chi connectivity index (χ0) is 24.1. The Labute approximate surface area is 246 Å². The van der Waals surface area contributed by atoms with Crippen LogP contribution in [0.2, 0.25) is 5.02 Å². The quantitative estimate of drug-likeness (QED) is 0.435. The van der Waals surface area contributed by atoms with Crippen molar-refractivity contribution in [2.75, 3.05) is 53.9 Å². The molecule has 0 saturated carbocycles. The van der Waals surface area contributed by atoms with Crippen LogP contribution in [0.3, 0.4) is 0 Å². The molecule has 9 heteroatoms. The summed E-state index contributed by atoms with van der Waals surface area (Å²) in [6.07, 6.45) is 4.78. The van der Waals surface area contributed by atoms with Crippen molar-refractivity contribution >= 4 is 54.7 Å². The lowest BCUT2D eigenvalue weighted by Crippen LogP contribution is -2.58. The molecule has 0 unspecified atom stereocenters. The lowest BCUT2D eigenvalue weighted by atomic mass is 9.74. The lowest BCUT2D eigenvalue weighted by Gasteiger charge is -2.51. The van der Waals surface area contributed by atoms with Gasteiger partial charge in [0, 0.05) is 30.2 Å². The van der Waals surface area contributed by atoms with Crippen LogP contribution in [0.15, 0.2) is 48.5 Å². The van der Waals surface area contributed by atoms with Crippen molar-refractivity contribution in [3.63, 3.8) is 0 Å². The molecular formula is C28H42Cl4N4O. The molecule has 2 aliphatic rings. The van der Waals surface area contributed by atoms with Crippen molar-refractivity contribution in [1.82, 2.24) is 20.0 Å². The fourth-order valence-corrected chi connectivity index (χ4v) is 5.77. The third kappa shape index (κ3) is 8.22. The first-order valence-electron chi connectivity index (χ1n) is 12.6. The number of rotatable bonds is 8. The molecule has 2 aromatic carbocycles. The second-order valence-electron chi connectivity index (χ2n) is 10.2.